The molecule has 5 aromatic rings. The number of benzene rings is 5. The number of hydrogen-bond acceptors (Lipinski definition) is 17. The van der Waals surface area contributed by atoms with Gasteiger partial charge in [-0.3, -0.25) is 38.4 Å². The van der Waals surface area contributed by atoms with Crippen LogP contribution in [0.1, 0.15) is 92.7 Å². The molecule has 5 aromatic carbocycles. The van der Waals surface area contributed by atoms with Gasteiger partial charge in [0.05, 0.1) is 39.4 Å². The Kier molecular flexibility index (Phi) is 26.7. The molecule has 24 nitrogen and oxygen atoms in total. The number of carbonyl (C=O) groups excluding carboxylic acids is 10. The summed E-state index contributed by atoms with van der Waals surface area (Å²) in [7, 11) is 7.28. The second-order valence-corrected chi connectivity index (χ2v) is 25.4. The summed E-state index contributed by atoms with van der Waals surface area (Å²) in [5, 5.41) is 5.70. The summed E-state index contributed by atoms with van der Waals surface area (Å²) in [5.74, 6) is -6.72. The van der Waals surface area contributed by atoms with Crippen molar-refractivity contribution in [1.82, 2.24) is 35.1 Å². The highest BCUT2D eigenvalue weighted by molar-refractivity contribution is 6.38. The van der Waals surface area contributed by atoms with E-state index in [1.807, 2.05) is 6.07 Å². The molecular formula is C73H88FN7O17. The van der Waals surface area contributed by atoms with Crippen LogP contribution in [0, 0.1) is 11.2 Å². The van der Waals surface area contributed by atoms with Crippen LogP contribution < -0.4 is 29.6 Å². The average Bonchev–Trinajstić information content (AvgIpc) is 0.810. The van der Waals surface area contributed by atoms with Crippen LogP contribution in [0.2, 0.25) is 0 Å². The number of ketones is 1. The molecule has 0 aromatic heterocycles. The fraction of sp³-hybridized carbons (Fsp3) is 0.452. The molecule has 8 rings (SSSR count). The number of aryl methyl sites for hydroxylation is 1. The van der Waals surface area contributed by atoms with Gasteiger partial charge in [0.1, 0.15) is 54.2 Å². The molecule has 2 N–H and O–H groups in total. The van der Waals surface area contributed by atoms with E-state index < -0.39 is 121 Å². The van der Waals surface area contributed by atoms with Gasteiger partial charge in [-0.1, -0.05) is 78.9 Å². The molecule has 5 atom stereocenters. The van der Waals surface area contributed by atoms with Crippen molar-refractivity contribution in [3.05, 3.63) is 155 Å². The number of esters is 2. The summed E-state index contributed by atoms with van der Waals surface area (Å²) < 4.78 is 56.1. The first-order valence-corrected chi connectivity index (χ1v) is 32.9. The van der Waals surface area contributed by atoms with Gasteiger partial charge >= 0.3 is 18.0 Å². The number of halogens is 1. The number of cyclic esters (lactones) is 2. The number of nitrogens with zero attached hydrogens (tertiary/aromatic N) is 5. The molecule has 0 saturated carbocycles. The first-order chi connectivity index (χ1) is 47.0. The lowest BCUT2D eigenvalue weighted by molar-refractivity contribution is -0.165. The molecule has 7 amide bonds. The number of hydrogen-bond donors (Lipinski definition) is 2. The van der Waals surface area contributed by atoms with Crippen LogP contribution in [-0.4, -0.2) is 202 Å². The number of rotatable bonds is 12. The molecule has 0 spiro atoms. The molecule has 0 aliphatic carbocycles. The Hall–Kier alpha value is -9.91. The Morgan fingerprint density at radius 3 is 1.94 bits per heavy atom. The summed E-state index contributed by atoms with van der Waals surface area (Å²) in [5.41, 5.74) is 1.17. The van der Waals surface area contributed by atoms with Crippen LogP contribution in [0.4, 0.5) is 9.18 Å². The highest BCUT2D eigenvalue weighted by Gasteiger charge is 2.43. The predicted molar refractivity (Wildman–Crippen MR) is 356 cm³/mol. The standard InChI is InChI=1S/C73H88FN7O17/c1-73(2)47-96-65(84)23-15-16-32-77(3)68(87)56(38-48-18-10-8-11-19-48)75-63(82)45-78(4)69(88)57(39-49-20-12-9-13-21-49)76-67(86)59(40-50-24-28-54(29-25-50)97-72(91)80-34-36-94-37-35-80)79(5)64(83)46-95-55-43-52(42-53(74)44-55)60(30-26-51-27-31-61(92-6)62(41-51)93-7)98-71(90)58-22-14-17-33-81(58)70(89)66(73)85/h8-13,18-21,24-25,27-29,31,41-44,56-60H,14-17,22-23,26,30,32-40,45-47H2,1-7H3,(H,75,82)(H,76,86)/t56-,57-,58+,59+,60-/m1/s1. The molecular weight excluding hydrogens is 1270 g/mol. The maximum atomic E-state index is 16.2. The van der Waals surface area contributed by atoms with E-state index >= 15 is 9.18 Å². The summed E-state index contributed by atoms with van der Waals surface area (Å²) in [6, 6.07) is 27.9. The van der Waals surface area contributed by atoms with E-state index in [1.54, 1.807) is 104 Å². The zero-order valence-electron chi connectivity index (χ0n) is 56.6. The van der Waals surface area contributed by atoms with E-state index in [2.05, 4.69) is 10.6 Å². The number of likely N-dealkylation sites (N-methyl/N-ethyl adjacent to an activating group) is 3. The number of carbonyl (C=O) groups is 10. The second-order valence-electron chi connectivity index (χ2n) is 25.4. The quantitative estimate of drug-likeness (QED) is 0.101. The number of morpholine rings is 1. The number of ether oxygens (including phenoxy) is 7. The van der Waals surface area contributed by atoms with E-state index in [-0.39, 0.29) is 81.5 Å². The fourth-order valence-electron chi connectivity index (χ4n) is 11.8. The van der Waals surface area contributed by atoms with Crippen LogP contribution in [0.15, 0.2) is 121 Å². The lowest BCUT2D eigenvalue weighted by atomic mass is 9.87. The molecule has 2 saturated heterocycles. The Labute approximate surface area is 570 Å². The number of Topliss-reactive ketones (excluding diaryl/α,β-unsaturated/α-hetero) is 1. The van der Waals surface area contributed by atoms with E-state index in [9.17, 15) is 43.2 Å². The summed E-state index contributed by atoms with van der Waals surface area (Å²) >= 11 is 0. The van der Waals surface area contributed by atoms with Gasteiger partial charge in [0.2, 0.25) is 29.4 Å². The predicted octanol–water partition coefficient (Wildman–Crippen LogP) is 6.41. The van der Waals surface area contributed by atoms with E-state index in [0.29, 0.717) is 68.2 Å². The van der Waals surface area contributed by atoms with Crippen molar-refractivity contribution in [1.29, 1.82) is 0 Å². The zero-order chi connectivity index (χ0) is 70.5. The maximum Gasteiger partial charge on any atom is 0.415 e. The second kappa shape index (κ2) is 35.4. The molecule has 524 valence electrons. The fourth-order valence-corrected chi connectivity index (χ4v) is 11.8. The van der Waals surface area contributed by atoms with Gasteiger partial charge in [0.15, 0.2) is 18.1 Å². The highest BCUT2D eigenvalue weighted by Crippen LogP contribution is 2.34. The first kappa shape index (κ1) is 73.9. The molecule has 98 heavy (non-hydrogen) atoms. The Morgan fingerprint density at radius 1 is 0.653 bits per heavy atom. The molecule has 2 bridgehead atoms. The first-order valence-electron chi connectivity index (χ1n) is 32.9. The molecule has 0 unspecified atom stereocenters. The minimum absolute atomic E-state index is 0.0264. The number of methoxy groups -OCH3 is 2. The average molecular weight is 1350 g/mol. The van der Waals surface area contributed by atoms with Crippen LogP contribution in [0.25, 0.3) is 0 Å². The Morgan fingerprint density at radius 2 is 1.28 bits per heavy atom. The van der Waals surface area contributed by atoms with E-state index in [0.717, 1.165) is 38.0 Å². The smallest absolute Gasteiger partial charge is 0.415 e. The van der Waals surface area contributed by atoms with Gasteiger partial charge in [0.25, 0.3) is 11.8 Å². The lowest BCUT2D eigenvalue weighted by Crippen LogP contribution is -2.57. The Bertz CT molecular complexity index is 3610. The minimum Gasteiger partial charge on any atom is -0.493 e. The van der Waals surface area contributed by atoms with Crippen molar-refractivity contribution in [3.63, 3.8) is 0 Å². The van der Waals surface area contributed by atoms with Gasteiger partial charge in [0, 0.05) is 79.1 Å². The van der Waals surface area contributed by atoms with Gasteiger partial charge in [-0.2, -0.15) is 0 Å². The van der Waals surface area contributed by atoms with Gasteiger partial charge in [-0.15, -0.1) is 0 Å². The van der Waals surface area contributed by atoms with Gasteiger partial charge in [-0.05, 0) is 123 Å². The monoisotopic (exact) mass is 1350 g/mol. The van der Waals surface area contributed by atoms with Gasteiger partial charge < -0.3 is 68.3 Å². The minimum atomic E-state index is -1.54. The van der Waals surface area contributed by atoms with Crippen LogP contribution in [0.3, 0.4) is 0 Å². The molecule has 3 aliphatic heterocycles. The number of nitrogens with one attached hydrogen (secondary N) is 2. The highest BCUT2D eigenvalue weighted by atomic mass is 19.1. The summed E-state index contributed by atoms with van der Waals surface area (Å²) in [6.07, 6.45) is -0.0926. The van der Waals surface area contributed by atoms with Crippen molar-refractivity contribution in [2.45, 2.75) is 115 Å². The zero-order valence-corrected chi connectivity index (χ0v) is 56.6. The maximum absolute atomic E-state index is 16.2. The third-order valence-corrected chi connectivity index (χ3v) is 17.5. The SMILES string of the molecule is COc1ccc(CC[C@H]2OC(=O)[C@@H]3CCCCN3C(=O)C(=O)C(C)(C)COC(=O)CCCCN(C)C(=O)[C@@H](Cc3ccccc3)NC(=O)CN(C)C(=O)[C@@H](Cc3ccccc3)NC(=O)[C@H](Cc3ccc(OC(=O)N4CCOCC4)cc3)N(C)C(=O)COc3cc(F)cc2c3)cc1OC. The van der Waals surface area contributed by atoms with Crippen LogP contribution >= 0.6 is 0 Å². The molecule has 25 heteroatoms. The van der Waals surface area contributed by atoms with Crippen molar-refractivity contribution in [2.24, 2.45) is 5.41 Å². The molecule has 0 radical (unpaired) electrons. The Balaban J connectivity index is 1.12. The third kappa shape index (κ3) is 20.8. The van der Waals surface area contributed by atoms with Crippen molar-refractivity contribution in [3.8, 4) is 23.0 Å². The van der Waals surface area contributed by atoms with Crippen LogP contribution in [-0.2, 0) is 83.0 Å². The van der Waals surface area contributed by atoms with Crippen LogP contribution in [0.5, 0.6) is 23.0 Å². The number of fused-ring (bicyclic) bond motifs is 3. The summed E-state index contributed by atoms with van der Waals surface area (Å²) in [4.78, 5) is 149. The topological polar surface area (TPSA) is 276 Å². The van der Waals surface area contributed by atoms with Crippen molar-refractivity contribution >= 4 is 59.3 Å². The normalized spacial score (nSPS) is 21.3. The van der Waals surface area contributed by atoms with E-state index in [4.69, 9.17) is 33.2 Å². The van der Waals surface area contributed by atoms with Crippen molar-refractivity contribution < 1.29 is 85.5 Å². The largest absolute Gasteiger partial charge is 0.493 e. The lowest BCUT2D eigenvalue weighted by Gasteiger charge is -2.36. The number of amides is 7. The third-order valence-electron chi connectivity index (χ3n) is 17.5. The van der Waals surface area contributed by atoms with Gasteiger partial charge in [-0.25, -0.2) is 14.0 Å². The van der Waals surface area contributed by atoms with E-state index in [1.165, 1.54) is 58.0 Å². The summed E-state index contributed by atoms with van der Waals surface area (Å²) in [6.45, 7) is 2.73. The molecule has 2 fully saturated rings. The molecule has 3 heterocycles. The number of piperidine rings is 1. The molecule has 3 aliphatic rings. The van der Waals surface area contributed by atoms with Crippen molar-refractivity contribution in [2.75, 3.05) is 94.5 Å².